The fourth-order valence-electron chi connectivity index (χ4n) is 2.81. The van der Waals surface area contributed by atoms with Crippen molar-refractivity contribution in [2.45, 2.75) is 26.2 Å². The van der Waals surface area contributed by atoms with Gasteiger partial charge in [0.25, 0.3) is 0 Å². The second-order valence-corrected chi connectivity index (χ2v) is 5.67. The van der Waals surface area contributed by atoms with E-state index >= 15 is 0 Å². The number of fused-ring (bicyclic) bond motifs is 1. The molecule has 2 nitrogen and oxygen atoms in total. The quantitative estimate of drug-likeness (QED) is 0.889. The molecule has 0 radical (unpaired) electrons. The minimum atomic E-state index is -0.302. The first-order valence-corrected chi connectivity index (χ1v) is 7.34. The van der Waals surface area contributed by atoms with Crippen LogP contribution in [0.15, 0.2) is 48.0 Å². The summed E-state index contributed by atoms with van der Waals surface area (Å²) < 4.78 is 0. The highest BCUT2D eigenvalue weighted by atomic mass is 16.1. The summed E-state index contributed by atoms with van der Waals surface area (Å²) in [6.07, 6.45) is 4.70. The average molecular weight is 277 g/mol. The Kier molecular flexibility index (Phi) is 3.61. The monoisotopic (exact) mass is 277 g/mol. The molecule has 0 aliphatic heterocycles. The molecule has 0 heterocycles. The van der Waals surface area contributed by atoms with Gasteiger partial charge in [-0.05, 0) is 60.6 Å². The maximum atomic E-state index is 11.5. The average Bonchev–Trinajstić information content (AvgIpc) is 2.69. The van der Waals surface area contributed by atoms with Crippen molar-refractivity contribution in [3.8, 4) is 11.1 Å². The van der Waals surface area contributed by atoms with Crippen LogP contribution in [0.5, 0.6) is 0 Å². The second-order valence-electron chi connectivity index (χ2n) is 5.67. The SMILES string of the molecule is Cc1ccc(-c2ccc3c(c2)C=C(C(N)=O)CCC3)cc1. The van der Waals surface area contributed by atoms with E-state index in [0.29, 0.717) is 0 Å². The summed E-state index contributed by atoms with van der Waals surface area (Å²) in [4.78, 5) is 11.5. The fraction of sp³-hybridized carbons (Fsp3) is 0.211. The smallest absolute Gasteiger partial charge is 0.244 e. The molecule has 1 aliphatic rings. The Balaban J connectivity index is 2.05. The summed E-state index contributed by atoms with van der Waals surface area (Å²) in [6.45, 7) is 2.09. The van der Waals surface area contributed by atoms with E-state index in [1.807, 2.05) is 6.08 Å². The number of nitrogens with two attached hydrogens (primary N) is 1. The Morgan fingerprint density at radius 1 is 1.00 bits per heavy atom. The molecule has 2 N–H and O–H groups in total. The van der Waals surface area contributed by atoms with E-state index < -0.39 is 0 Å². The molecule has 0 fully saturated rings. The van der Waals surface area contributed by atoms with Crippen molar-refractivity contribution in [1.29, 1.82) is 0 Å². The van der Waals surface area contributed by atoms with Crippen LogP contribution in [0, 0.1) is 6.92 Å². The van der Waals surface area contributed by atoms with Crippen molar-refractivity contribution in [1.82, 2.24) is 0 Å². The van der Waals surface area contributed by atoms with Crippen LogP contribution in [0.4, 0.5) is 0 Å². The summed E-state index contributed by atoms with van der Waals surface area (Å²) in [6, 6.07) is 15.0. The van der Waals surface area contributed by atoms with Crippen LogP contribution in [-0.4, -0.2) is 5.91 Å². The lowest BCUT2D eigenvalue weighted by atomic mass is 9.97. The van der Waals surface area contributed by atoms with Crippen LogP contribution < -0.4 is 5.73 Å². The van der Waals surface area contributed by atoms with E-state index in [-0.39, 0.29) is 5.91 Å². The minimum absolute atomic E-state index is 0.302. The third kappa shape index (κ3) is 2.89. The lowest BCUT2D eigenvalue weighted by Crippen LogP contribution is -2.13. The van der Waals surface area contributed by atoms with Gasteiger partial charge in [0.1, 0.15) is 0 Å². The van der Waals surface area contributed by atoms with E-state index in [1.54, 1.807) is 0 Å². The fourth-order valence-corrected chi connectivity index (χ4v) is 2.81. The molecular weight excluding hydrogens is 258 g/mol. The van der Waals surface area contributed by atoms with Gasteiger partial charge < -0.3 is 5.73 Å². The van der Waals surface area contributed by atoms with Gasteiger partial charge in [0.2, 0.25) is 5.91 Å². The Morgan fingerprint density at radius 2 is 1.71 bits per heavy atom. The van der Waals surface area contributed by atoms with Gasteiger partial charge in [0.15, 0.2) is 0 Å². The topological polar surface area (TPSA) is 43.1 Å². The summed E-state index contributed by atoms with van der Waals surface area (Å²) in [5.74, 6) is -0.302. The predicted molar refractivity (Wildman–Crippen MR) is 86.7 cm³/mol. The molecule has 0 saturated heterocycles. The molecule has 2 heteroatoms. The molecule has 0 atom stereocenters. The van der Waals surface area contributed by atoms with Crippen molar-refractivity contribution < 1.29 is 4.79 Å². The second kappa shape index (κ2) is 5.57. The van der Waals surface area contributed by atoms with Crippen LogP contribution in [-0.2, 0) is 11.2 Å². The Morgan fingerprint density at radius 3 is 2.43 bits per heavy atom. The molecule has 106 valence electrons. The molecule has 1 aliphatic carbocycles. The lowest BCUT2D eigenvalue weighted by molar-refractivity contribution is -0.114. The van der Waals surface area contributed by atoms with Gasteiger partial charge in [-0.3, -0.25) is 4.79 Å². The molecule has 0 bridgehead atoms. The molecule has 3 rings (SSSR count). The molecule has 2 aromatic rings. The van der Waals surface area contributed by atoms with E-state index in [4.69, 9.17) is 5.73 Å². The lowest BCUT2D eigenvalue weighted by Gasteiger charge is -2.08. The van der Waals surface area contributed by atoms with Gasteiger partial charge in [-0.1, -0.05) is 42.0 Å². The van der Waals surface area contributed by atoms with Gasteiger partial charge in [-0.15, -0.1) is 0 Å². The standard InChI is InChI=1S/C19H19NO/c1-13-5-7-15(8-6-13)16-10-9-14-3-2-4-17(19(20)21)12-18(14)11-16/h5-12H,2-4H2,1H3,(H2,20,21). The summed E-state index contributed by atoms with van der Waals surface area (Å²) in [5, 5.41) is 0. The van der Waals surface area contributed by atoms with Gasteiger partial charge in [0, 0.05) is 5.57 Å². The first-order valence-electron chi connectivity index (χ1n) is 7.34. The summed E-state index contributed by atoms with van der Waals surface area (Å²) >= 11 is 0. The van der Waals surface area contributed by atoms with E-state index in [9.17, 15) is 4.79 Å². The first-order chi connectivity index (χ1) is 10.1. The highest BCUT2D eigenvalue weighted by Crippen LogP contribution is 2.28. The van der Waals surface area contributed by atoms with Gasteiger partial charge in [-0.2, -0.15) is 0 Å². The normalized spacial score (nSPS) is 14.0. The maximum Gasteiger partial charge on any atom is 0.244 e. The van der Waals surface area contributed by atoms with Gasteiger partial charge >= 0.3 is 0 Å². The number of hydrogen-bond donors (Lipinski definition) is 1. The molecule has 0 aromatic heterocycles. The van der Waals surface area contributed by atoms with Gasteiger partial charge in [-0.25, -0.2) is 0 Å². The summed E-state index contributed by atoms with van der Waals surface area (Å²) in [7, 11) is 0. The van der Waals surface area contributed by atoms with E-state index in [1.165, 1.54) is 22.3 Å². The number of aryl methyl sites for hydroxylation is 2. The maximum absolute atomic E-state index is 11.5. The molecule has 2 aromatic carbocycles. The number of hydrogen-bond acceptors (Lipinski definition) is 1. The third-order valence-corrected chi connectivity index (χ3v) is 4.07. The zero-order valence-corrected chi connectivity index (χ0v) is 12.2. The molecule has 0 saturated carbocycles. The molecule has 21 heavy (non-hydrogen) atoms. The molecule has 1 amide bonds. The number of carbonyl (C=O) groups is 1. The van der Waals surface area contributed by atoms with Crippen molar-refractivity contribution in [3.05, 3.63) is 64.7 Å². The Bertz CT molecular complexity index is 711. The Hall–Kier alpha value is -2.35. The number of benzene rings is 2. The van der Waals surface area contributed by atoms with E-state index in [0.717, 1.165) is 30.4 Å². The molecule has 0 spiro atoms. The van der Waals surface area contributed by atoms with Crippen LogP contribution in [0.2, 0.25) is 0 Å². The minimum Gasteiger partial charge on any atom is -0.366 e. The highest BCUT2D eigenvalue weighted by molar-refractivity contribution is 5.97. The van der Waals surface area contributed by atoms with Crippen LogP contribution in [0.1, 0.15) is 29.5 Å². The highest BCUT2D eigenvalue weighted by Gasteiger charge is 2.13. The van der Waals surface area contributed by atoms with Crippen molar-refractivity contribution in [3.63, 3.8) is 0 Å². The number of amides is 1. The zero-order valence-electron chi connectivity index (χ0n) is 12.2. The Labute approximate surface area is 125 Å². The molecular formula is C19H19NO. The van der Waals surface area contributed by atoms with Crippen molar-refractivity contribution in [2.75, 3.05) is 0 Å². The van der Waals surface area contributed by atoms with Crippen LogP contribution in [0.25, 0.3) is 17.2 Å². The number of carbonyl (C=O) groups excluding carboxylic acids is 1. The van der Waals surface area contributed by atoms with Crippen molar-refractivity contribution in [2.24, 2.45) is 5.73 Å². The third-order valence-electron chi connectivity index (χ3n) is 4.07. The first kappa shape index (κ1) is 13.6. The zero-order chi connectivity index (χ0) is 14.8. The van der Waals surface area contributed by atoms with Gasteiger partial charge in [0.05, 0.1) is 0 Å². The van der Waals surface area contributed by atoms with Crippen molar-refractivity contribution >= 4 is 12.0 Å². The number of rotatable bonds is 2. The largest absolute Gasteiger partial charge is 0.366 e. The summed E-state index contributed by atoms with van der Waals surface area (Å²) in [5.41, 5.74) is 12.2. The van der Waals surface area contributed by atoms with E-state index in [2.05, 4.69) is 49.4 Å². The molecule has 0 unspecified atom stereocenters. The van der Waals surface area contributed by atoms with Crippen LogP contribution in [0.3, 0.4) is 0 Å². The van der Waals surface area contributed by atoms with Crippen LogP contribution >= 0.6 is 0 Å². The predicted octanol–water partition coefficient (Wildman–Crippen LogP) is 3.87. The number of primary amides is 1.